The van der Waals surface area contributed by atoms with E-state index in [9.17, 15) is 4.79 Å². The lowest BCUT2D eigenvalue weighted by Gasteiger charge is -2.16. The molecule has 4 heterocycles. The fraction of sp³-hybridized carbons (Fsp3) is 0.438. The third-order valence-corrected chi connectivity index (χ3v) is 6.03. The van der Waals surface area contributed by atoms with Crippen LogP contribution in [0.15, 0.2) is 17.1 Å². The molecule has 23 heavy (non-hydrogen) atoms. The minimum Gasteiger partial charge on any atom is -0.308 e. The lowest BCUT2D eigenvalue weighted by Crippen LogP contribution is -2.23. The molecule has 3 aromatic heterocycles. The van der Waals surface area contributed by atoms with Crippen LogP contribution in [0.3, 0.4) is 0 Å². The SMILES string of the molecule is Cc1[nH]ncc1-c1cc2nc([C@H]3NC[C@H](C)[C@@H]3C)[nH]c(=O)c2s1. The first-order chi connectivity index (χ1) is 11.0. The van der Waals surface area contributed by atoms with Gasteiger partial charge in [0, 0.05) is 16.1 Å². The van der Waals surface area contributed by atoms with Gasteiger partial charge in [0.2, 0.25) is 0 Å². The second kappa shape index (κ2) is 5.28. The van der Waals surface area contributed by atoms with Crippen molar-refractivity contribution in [1.82, 2.24) is 25.5 Å². The average Bonchev–Trinajstić information content (AvgIpc) is 3.19. The first-order valence-electron chi connectivity index (χ1n) is 7.82. The molecule has 0 unspecified atom stereocenters. The molecule has 0 spiro atoms. The first kappa shape index (κ1) is 14.6. The Hall–Kier alpha value is -1.99. The molecule has 0 aromatic carbocycles. The van der Waals surface area contributed by atoms with Crippen LogP contribution in [0, 0.1) is 18.8 Å². The molecule has 120 valence electrons. The largest absolute Gasteiger partial charge is 0.308 e. The van der Waals surface area contributed by atoms with E-state index in [-0.39, 0.29) is 11.6 Å². The maximum Gasteiger partial charge on any atom is 0.268 e. The maximum absolute atomic E-state index is 12.5. The Bertz CT molecular complexity index is 924. The molecule has 0 bridgehead atoms. The third-order valence-electron chi connectivity index (χ3n) is 4.87. The highest BCUT2D eigenvalue weighted by Crippen LogP contribution is 2.34. The maximum atomic E-state index is 12.5. The Morgan fingerprint density at radius 3 is 2.83 bits per heavy atom. The predicted octanol–water partition coefficient (Wildman–Crippen LogP) is 2.60. The number of fused-ring (bicyclic) bond motifs is 1. The Kier molecular flexibility index (Phi) is 3.35. The quantitative estimate of drug-likeness (QED) is 0.674. The fourth-order valence-corrected chi connectivity index (χ4v) is 4.26. The number of nitrogens with zero attached hydrogens (tertiary/aromatic N) is 2. The van der Waals surface area contributed by atoms with Gasteiger partial charge in [0.15, 0.2) is 0 Å². The summed E-state index contributed by atoms with van der Waals surface area (Å²) in [5.41, 5.74) is 2.72. The number of H-pyrrole nitrogens is 2. The molecular formula is C16H19N5OS. The van der Waals surface area contributed by atoms with Gasteiger partial charge >= 0.3 is 0 Å². The van der Waals surface area contributed by atoms with Crippen molar-refractivity contribution in [1.29, 1.82) is 0 Å². The topological polar surface area (TPSA) is 86.5 Å². The fourth-order valence-electron chi connectivity index (χ4n) is 3.20. The zero-order valence-corrected chi connectivity index (χ0v) is 14.1. The van der Waals surface area contributed by atoms with E-state index in [4.69, 9.17) is 4.98 Å². The lowest BCUT2D eigenvalue weighted by atomic mass is 9.94. The van der Waals surface area contributed by atoms with E-state index in [2.05, 4.69) is 34.3 Å². The van der Waals surface area contributed by atoms with Crippen molar-refractivity contribution in [3.63, 3.8) is 0 Å². The van der Waals surface area contributed by atoms with Crippen LogP contribution < -0.4 is 10.9 Å². The Labute approximate surface area is 137 Å². The summed E-state index contributed by atoms with van der Waals surface area (Å²) >= 11 is 1.46. The van der Waals surface area contributed by atoms with E-state index in [1.165, 1.54) is 11.3 Å². The second-order valence-corrected chi connectivity index (χ2v) is 7.46. The molecule has 1 aliphatic rings. The zero-order valence-electron chi connectivity index (χ0n) is 13.3. The highest BCUT2D eigenvalue weighted by Gasteiger charge is 2.32. The zero-order chi connectivity index (χ0) is 16.1. The summed E-state index contributed by atoms with van der Waals surface area (Å²) in [6.07, 6.45) is 1.79. The number of aromatic amines is 2. The van der Waals surface area contributed by atoms with E-state index < -0.39 is 0 Å². The normalized spacial score (nSPS) is 24.6. The third kappa shape index (κ3) is 2.31. The molecule has 0 amide bonds. The Morgan fingerprint density at radius 1 is 1.35 bits per heavy atom. The van der Waals surface area contributed by atoms with Gasteiger partial charge in [0.1, 0.15) is 10.5 Å². The Morgan fingerprint density at radius 2 is 2.17 bits per heavy atom. The predicted molar refractivity (Wildman–Crippen MR) is 91.6 cm³/mol. The molecule has 6 nitrogen and oxygen atoms in total. The minimum absolute atomic E-state index is 0.0593. The Balaban J connectivity index is 1.82. The number of hydrogen-bond donors (Lipinski definition) is 3. The number of nitrogens with one attached hydrogen (secondary N) is 3. The van der Waals surface area contributed by atoms with Crippen molar-refractivity contribution in [2.24, 2.45) is 11.8 Å². The van der Waals surface area contributed by atoms with Gasteiger partial charge in [0.25, 0.3) is 5.56 Å². The molecule has 3 atom stereocenters. The molecule has 0 saturated carbocycles. The molecule has 7 heteroatoms. The molecule has 3 N–H and O–H groups in total. The van der Waals surface area contributed by atoms with Gasteiger partial charge in [-0.1, -0.05) is 13.8 Å². The molecule has 0 aliphatic carbocycles. The first-order valence-corrected chi connectivity index (χ1v) is 8.63. The van der Waals surface area contributed by atoms with Crippen LogP contribution in [0.4, 0.5) is 0 Å². The molecular weight excluding hydrogens is 310 g/mol. The van der Waals surface area contributed by atoms with Crippen molar-refractivity contribution in [2.75, 3.05) is 6.54 Å². The highest BCUT2D eigenvalue weighted by atomic mass is 32.1. The monoisotopic (exact) mass is 329 g/mol. The van der Waals surface area contributed by atoms with E-state index >= 15 is 0 Å². The van der Waals surface area contributed by atoms with E-state index in [1.807, 2.05) is 13.0 Å². The van der Waals surface area contributed by atoms with Crippen molar-refractivity contribution < 1.29 is 0 Å². The number of rotatable bonds is 2. The summed E-state index contributed by atoms with van der Waals surface area (Å²) in [5, 5.41) is 10.5. The van der Waals surface area contributed by atoms with Crippen LogP contribution in [0.5, 0.6) is 0 Å². The average molecular weight is 329 g/mol. The van der Waals surface area contributed by atoms with Gasteiger partial charge in [0.05, 0.1) is 17.8 Å². The van der Waals surface area contributed by atoms with E-state index in [0.29, 0.717) is 16.5 Å². The smallest absolute Gasteiger partial charge is 0.268 e. The molecule has 4 rings (SSSR count). The van der Waals surface area contributed by atoms with Gasteiger partial charge in [-0.25, -0.2) is 4.98 Å². The van der Waals surface area contributed by atoms with Crippen LogP contribution in [-0.2, 0) is 0 Å². The highest BCUT2D eigenvalue weighted by molar-refractivity contribution is 7.22. The van der Waals surface area contributed by atoms with Crippen molar-refractivity contribution in [3.8, 4) is 10.4 Å². The van der Waals surface area contributed by atoms with Crippen LogP contribution >= 0.6 is 11.3 Å². The number of thiophene rings is 1. The van der Waals surface area contributed by atoms with Gasteiger partial charge in [-0.05, 0) is 31.4 Å². The van der Waals surface area contributed by atoms with Crippen molar-refractivity contribution in [2.45, 2.75) is 26.8 Å². The van der Waals surface area contributed by atoms with Crippen LogP contribution in [0.1, 0.15) is 31.4 Å². The summed E-state index contributed by atoms with van der Waals surface area (Å²) in [5.74, 6) is 1.77. The molecule has 1 saturated heterocycles. The van der Waals surface area contributed by atoms with Crippen LogP contribution in [0.25, 0.3) is 20.7 Å². The summed E-state index contributed by atoms with van der Waals surface area (Å²) in [6, 6.07) is 2.10. The van der Waals surface area contributed by atoms with Gasteiger partial charge in [-0.3, -0.25) is 9.89 Å². The summed E-state index contributed by atoms with van der Waals surface area (Å²) in [7, 11) is 0. The second-order valence-electron chi connectivity index (χ2n) is 6.41. The standard InChI is InChI=1S/C16H19N5OS/c1-7-5-17-13(8(7)2)15-19-11-4-12(10-6-18-21-9(10)3)23-14(11)16(22)20-15/h4,6-8,13,17H,5H2,1-3H3,(H,18,21)(H,19,20,22)/t7-,8-,13-/m0/s1. The van der Waals surface area contributed by atoms with Crippen molar-refractivity contribution in [3.05, 3.63) is 34.1 Å². The molecule has 0 radical (unpaired) electrons. The van der Waals surface area contributed by atoms with E-state index in [1.54, 1.807) is 6.20 Å². The summed E-state index contributed by atoms with van der Waals surface area (Å²) < 4.78 is 0.669. The minimum atomic E-state index is -0.0593. The summed E-state index contributed by atoms with van der Waals surface area (Å²) in [6.45, 7) is 7.35. The number of hydrogen-bond acceptors (Lipinski definition) is 5. The number of aromatic nitrogens is 4. The molecule has 1 fully saturated rings. The lowest BCUT2D eigenvalue weighted by molar-refractivity contribution is 0.413. The molecule has 1 aliphatic heterocycles. The van der Waals surface area contributed by atoms with Crippen LogP contribution in [-0.4, -0.2) is 26.7 Å². The van der Waals surface area contributed by atoms with Gasteiger partial charge in [-0.15, -0.1) is 11.3 Å². The van der Waals surface area contributed by atoms with Crippen molar-refractivity contribution >= 4 is 21.6 Å². The van der Waals surface area contributed by atoms with E-state index in [0.717, 1.165) is 34.0 Å². The summed E-state index contributed by atoms with van der Waals surface area (Å²) in [4.78, 5) is 21.2. The van der Waals surface area contributed by atoms with Crippen LogP contribution in [0.2, 0.25) is 0 Å². The molecule has 3 aromatic rings. The number of aryl methyl sites for hydroxylation is 1. The van der Waals surface area contributed by atoms with Gasteiger partial charge in [-0.2, -0.15) is 5.10 Å². The van der Waals surface area contributed by atoms with Gasteiger partial charge < -0.3 is 10.3 Å².